The first-order valence-corrected chi connectivity index (χ1v) is 9.68. The quantitative estimate of drug-likeness (QED) is 0.787. The summed E-state index contributed by atoms with van der Waals surface area (Å²) in [6.45, 7) is 4.92. The van der Waals surface area contributed by atoms with Crippen LogP contribution in [0.15, 0.2) is 35.4 Å². The van der Waals surface area contributed by atoms with Crippen LogP contribution in [0.25, 0.3) is 0 Å². The van der Waals surface area contributed by atoms with Crippen molar-refractivity contribution in [2.45, 2.75) is 44.0 Å². The Morgan fingerprint density at radius 1 is 1.32 bits per heavy atom. The van der Waals surface area contributed by atoms with Crippen LogP contribution in [0, 0.1) is 5.92 Å². The first-order valence-electron chi connectivity index (χ1n) is 8.20. The van der Waals surface area contributed by atoms with Crippen molar-refractivity contribution in [1.29, 1.82) is 0 Å². The summed E-state index contributed by atoms with van der Waals surface area (Å²) in [6.07, 6.45) is 3.62. The fourth-order valence-corrected chi connectivity index (χ4v) is 3.79. The molecule has 2 N–H and O–H groups in total. The minimum Gasteiger partial charge on any atom is -0.478 e. The van der Waals surface area contributed by atoms with Gasteiger partial charge in [-0.25, -0.2) is 13.2 Å². The third-order valence-electron chi connectivity index (χ3n) is 4.04. The molecule has 0 atom stereocenters. The summed E-state index contributed by atoms with van der Waals surface area (Å²) in [6, 6.07) is 5.14. The van der Waals surface area contributed by atoms with Crippen molar-refractivity contribution in [2.24, 2.45) is 5.92 Å². The molecule has 1 fully saturated rings. The summed E-state index contributed by atoms with van der Waals surface area (Å²) >= 11 is 0. The summed E-state index contributed by atoms with van der Waals surface area (Å²) in [5, 5.41) is 13.3. The average Bonchev–Trinajstić information content (AvgIpc) is 3.30. The van der Waals surface area contributed by atoms with Gasteiger partial charge in [-0.05, 0) is 43.0 Å². The number of anilines is 1. The lowest BCUT2D eigenvalue weighted by Gasteiger charge is -2.12. The van der Waals surface area contributed by atoms with Gasteiger partial charge in [0.25, 0.3) is 10.0 Å². The molecule has 1 heterocycles. The predicted molar refractivity (Wildman–Crippen MR) is 93.2 cm³/mol. The standard InChI is InChI=1S/C17H21N3O4S/c1-11(2)10-20-16(12-3-4-12)15(9-18-20)19-25(23,24)14-7-5-13(6-8-14)17(21)22/h5-9,11-12,19H,3-4,10H2,1-2H3,(H,21,22). The van der Waals surface area contributed by atoms with E-state index in [9.17, 15) is 13.2 Å². The number of hydrogen-bond acceptors (Lipinski definition) is 4. The van der Waals surface area contributed by atoms with Crippen molar-refractivity contribution >= 4 is 21.7 Å². The fourth-order valence-electron chi connectivity index (χ4n) is 2.73. The molecule has 1 aliphatic carbocycles. The van der Waals surface area contributed by atoms with Gasteiger partial charge in [-0.1, -0.05) is 13.8 Å². The van der Waals surface area contributed by atoms with Crippen molar-refractivity contribution in [3.63, 3.8) is 0 Å². The minimum atomic E-state index is -3.80. The molecule has 1 aliphatic rings. The molecule has 2 aromatic rings. The Morgan fingerprint density at radius 2 is 1.96 bits per heavy atom. The topological polar surface area (TPSA) is 101 Å². The summed E-state index contributed by atoms with van der Waals surface area (Å²) in [4.78, 5) is 10.9. The molecule has 0 saturated heterocycles. The Hall–Kier alpha value is -2.35. The van der Waals surface area contributed by atoms with Crippen LogP contribution >= 0.6 is 0 Å². The van der Waals surface area contributed by atoms with Crippen LogP contribution in [-0.2, 0) is 16.6 Å². The molecule has 134 valence electrons. The van der Waals surface area contributed by atoms with Gasteiger partial charge < -0.3 is 5.11 Å². The van der Waals surface area contributed by atoms with E-state index in [0.29, 0.717) is 17.5 Å². The molecule has 0 amide bonds. The highest BCUT2D eigenvalue weighted by Crippen LogP contribution is 2.44. The zero-order valence-corrected chi connectivity index (χ0v) is 15.0. The zero-order valence-electron chi connectivity index (χ0n) is 14.1. The second-order valence-corrected chi connectivity index (χ2v) is 8.41. The van der Waals surface area contributed by atoms with Gasteiger partial charge in [0.05, 0.1) is 28.0 Å². The highest BCUT2D eigenvalue weighted by Gasteiger charge is 2.32. The molecule has 1 aromatic carbocycles. The van der Waals surface area contributed by atoms with Crippen molar-refractivity contribution in [1.82, 2.24) is 9.78 Å². The van der Waals surface area contributed by atoms with E-state index in [2.05, 4.69) is 23.7 Å². The maximum absolute atomic E-state index is 12.6. The molecule has 25 heavy (non-hydrogen) atoms. The Balaban J connectivity index is 1.88. The van der Waals surface area contributed by atoms with Crippen LogP contribution < -0.4 is 4.72 Å². The number of nitrogens with zero attached hydrogens (tertiary/aromatic N) is 2. The van der Waals surface area contributed by atoms with E-state index in [1.165, 1.54) is 24.3 Å². The number of carboxylic acids is 1. The molecule has 7 nitrogen and oxygen atoms in total. The molecule has 1 saturated carbocycles. The van der Waals surface area contributed by atoms with Crippen molar-refractivity contribution in [3.8, 4) is 0 Å². The van der Waals surface area contributed by atoms with E-state index < -0.39 is 16.0 Å². The number of benzene rings is 1. The first kappa shape index (κ1) is 17.5. The number of sulfonamides is 1. The van der Waals surface area contributed by atoms with Crippen molar-refractivity contribution in [2.75, 3.05) is 4.72 Å². The van der Waals surface area contributed by atoms with Gasteiger partial charge in [-0.15, -0.1) is 0 Å². The molecule has 0 radical (unpaired) electrons. The van der Waals surface area contributed by atoms with Crippen LogP contribution in [-0.4, -0.2) is 29.3 Å². The number of carboxylic acid groups (broad SMARTS) is 1. The molecule has 0 unspecified atom stereocenters. The predicted octanol–water partition coefficient (Wildman–Crippen LogP) is 2.92. The second kappa shape index (κ2) is 6.51. The van der Waals surface area contributed by atoms with Crippen molar-refractivity contribution < 1.29 is 18.3 Å². The number of aromatic nitrogens is 2. The summed E-state index contributed by atoms with van der Waals surface area (Å²) in [5.74, 6) is -0.346. The normalized spacial score (nSPS) is 14.7. The van der Waals surface area contributed by atoms with Gasteiger partial charge in [-0.3, -0.25) is 9.40 Å². The Bertz CT molecular complexity index is 881. The molecular weight excluding hydrogens is 342 g/mol. The first-order chi connectivity index (χ1) is 11.8. The third kappa shape index (κ3) is 3.84. The van der Waals surface area contributed by atoms with Gasteiger partial charge in [0.1, 0.15) is 0 Å². The van der Waals surface area contributed by atoms with E-state index in [1.807, 2.05) is 4.68 Å². The van der Waals surface area contributed by atoms with Crippen LogP contribution in [0.3, 0.4) is 0 Å². The molecule has 0 bridgehead atoms. The smallest absolute Gasteiger partial charge is 0.335 e. The maximum atomic E-state index is 12.6. The van der Waals surface area contributed by atoms with E-state index in [4.69, 9.17) is 5.11 Å². The zero-order chi connectivity index (χ0) is 18.2. The average molecular weight is 363 g/mol. The number of carbonyl (C=O) groups is 1. The van der Waals surface area contributed by atoms with Gasteiger partial charge in [-0.2, -0.15) is 5.10 Å². The Kier molecular flexibility index (Phi) is 4.55. The second-order valence-electron chi connectivity index (χ2n) is 6.73. The molecule has 8 heteroatoms. The van der Waals surface area contributed by atoms with Crippen LogP contribution in [0.1, 0.15) is 48.7 Å². The van der Waals surface area contributed by atoms with E-state index >= 15 is 0 Å². The molecule has 0 aliphatic heterocycles. The number of hydrogen-bond donors (Lipinski definition) is 2. The highest BCUT2D eigenvalue weighted by atomic mass is 32.2. The Labute approximate surface area is 146 Å². The minimum absolute atomic E-state index is 0.0239. The molecule has 0 spiro atoms. The van der Waals surface area contributed by atoms with Crippen LogP contribution in [0.2, 0.25) is 0 Å². The third-order valence-corrected chi connectivity index (χ3v) is 5.42. The number of aromatic carboxylic acids is 1. The van der Waals surface area contributed by atoms with Crippen molar-refractivity contribution in [3.05, 3.63) is 41.7 Å². The summed E-state index contributed by atoms with van der Waals surface area (Å²) in [5.41, 5.74) is 1.48. The number of nitrogens with one attached hydrogen (secondary N) is 1. The molecule has 1 aromatic heterocycles. The van der Waals surface area contributed by atoms with Gasteiger partial charge >= 0.3 is 5.97 Å². The van der Waals surface area contributed by atoms with Gasteiger partial charge in [0.15, 0.2) is 0 Å². The van der Waals surface area contributed by atoms with E-state index in [1.54, 1.807) is 6.20 Å². The summed E-state index contributed by atoms with van der Waals surface area (Å²) < 4.78 is 29.7. The van der Waals surface area contributed by atoms with Gasteiger partial charge in [0, 0.05) is 12.5 Å². The lowest BCUT2D eigenvalue weighted by molar-refractivity contribution is 0.0696. The van der Waals surface area contributed by atoms with Crippen LogP contribution in [0.5, 0.6) is 0 Å². The summed E-state index contributed by atoms with van der Waals surface area (Å²) in [7, 11) is -3.80. The monoisotopic (exact) mass is 363 g/mol. The number of rotatable bonds is 7. The lowest BCUT2D eigenvalue weighted by Crippen LogP contribution is -2.15. The van der Waals surface area contributed by atoms with E-state index in [-0.39, 0.29) is 10.5 Å². The Morgan fingerprint density at radius 3 is 2.48 bits per heavy atom. The van der Waals surface area contributed by atoms with Gasteiger partial charge in [0.2, 0.25) is 0 Å². The highest BCUT2D eigenvalue weighted by molar-refractivity contribution is 7.92. The molecule has 3 rings (SSSR count). The SMILES string of the molecule is CC(C)Cn1ncc(NS(=O)(=O)c2ccc(C(=O)O)cc2)c1C1CC1. The lowest BCUT2D eigenvalue weighted by atomic mass is 10.2. The van der Waals surface area contributed by atoms with E-state index in [0.717, 1.165) is 25.1 Å². The van der Waals surface area contributed by atoms with Crippen LogP contribution in [0.4, 0.5) is 5.69 Å². The fraction of sp³-hybridized carbons (Fsp3) is 0.412. The maximum Gasteiger partial charge on any atom is 0.335 e. The molecular formula is C17H21N3O4S. The largest absolute Gasteiger partial charge is 0.478 e.